The summed E-state index contributed by atoms with van der Waals surface area (Å²) >= 11 is 0. The number of amides is 2. The summed E-state index contributed by atoms with van der Waals surface area (Å²) in [6.45, 7) is 15.5. The van der Waals surface area contributed by atoms with E-state index in [0.29, 0.717) is 25.7 Å². The van der Waals surface area contributed by atoms with Crippen molar-refractivity contribution in [2.45, 2.75) is 181 Å². The second kappa shape index (κ2) is 15.3. The Kier molecular flexibility index (Phi) is 11.6. The number of fused-ring (bicyclic) bond motifs is 7. The van der Waals surface area contributed by atoms with Gasteiger partial charge in [-0.25, -0.2) is 0 Å². The molecule has 0 aromatic carbocycles. The molecule has 2 aliphatic heterocycles. The SMILES string of the molecule is CC(=O)N[C@H]1C(NC(=O)[C@H]2OC(OC3CC[C@@]4(C)C(CC[C@]5(C)C4C(=O)C=C4C6C[C@@](C)(C(=O)O)CC[C@]6(C)CC[C@]45C)C3(C)C)[C@H](O)[C@@H](O)[C@@H]2O)O[C@H](CO)[C@@H](O)[C@@H]1O. The summed E-state index contributed by atoms with van der Waals surface area (Å²) in [6, 6.07) is -1.36. The lowest BCUT2D eigenvalue weighted by Gasteiger charge is -2.70. The van der Waals surface area contributed by atoms with Crippen LogP contribution in [0.3, 0.4) is 0 Å². The Morgan fingerprint density at radius 3 is 2.12 bits per heavy atom. The predicted octanol–water partition coefficient (Wildman–Crippen LogP) is 1.30. The fourth-order valence-corrected chi connectivity index (χ4v) is 13.8. The first kappa shape index (κ1) is 45.5. The van der Waals surface area contributed by atoms with Crippen molar-refractivity contribution in [2.75, 3.05) is 6.61 Å². The highest BCUT2D eigenvalue weighted by Gasteiger charge is 2.70. The number of carbonyl (C=O) groups excluding carboxylic acids is 3. The van der Waals surface area contributed by atoms with Gasteiger partial charge in [-0.15, -0.1) is 0 Å². The fourth-order valence-electron chi connectivity index (χ4n) is 13.8. The van der Waals surface area contributed by atoms with E-state index in [2.05, 4.69) is 52.2 Å². The summed E-state index contributed by atoms with van der Waals surface area (Å²) in [5.74, 6) is -2.64. The number of ether oxygens (including phenoxy) is 3. The topological polar surface area (TPSA) is 262 Å². The number of carboxylic acid groups (broad SMARTS) is 1. The maximum Gasteiger partial charge on any atom is 0.309 e. The highest BCUT2D eigenvalue weighted by Crippen LogP contribution is 2.75. The molecule has 7 rings (SSSR count). The molecule has 0 spiro atoms. The second-order valence-electron chi connectivity index (χ2n) is 21.4. The maximum absolute atomic E-state index is 14.8. The quantitative estimate of drug-likeness (QED) is 0.164. The molecule has 9 N–H and O–H groups in total. The summed E-state index contributed by atoms with van der Waals surface area (Å²) in [4.78, 5) is 53.0. The number of aliphatic hydroxyl groups excluding tert-OH is 6. The minimum absolute atomic E-state index is 0.00593. The number of allylic oxidation sites excluding steroid dienone is 2. The molecule has 7 aliphatic rings. The molecule has 2 heterocycles. The van der Waals surface area contributed by atoms with Gasteiger partial charge in [0.05, 0.1) is 18.1 Å². The number of aliphatic carboxylic acids is 1. The van der Waals surface area contributed by atoms with Gasteiger partial charge in [-0.05, 0) is 110 Å². The lowest BCUT2D eigenvalue weighted by atomic mass is 9.33. The minimum Gasteiger partial charge on any atom is -0.481 e. The molecule has 6 fully saturated rings. The van der Waals surface area contributed by atoms with E-state index in [4.69, 9.17) is 14.2 Å². The largest absolute Gasteiger partial charge is 0.481 e. The molecule has 6 unspecified atom stereocenters. The van der Waals surface area contributed by atoms with Crippen molar-refractivity contribution in [3.8, 4) is 0 Å². The Morgan fingerprint density at radius 2 is 1.48 bits per heavy atom. The van der Waals surface area contributed by atoms with Crippen LogP contribution >= 0.6 is 0 Å². The van der Waals surface area contributed by atoms with Crippen LogP contribution in [0.5, 0.6) is 0 Å². The molecule has 60 heavy (non-hydrogen) atoms. The van der Waals surface area contributed by atoms with E-state index >= 15 is 0 Å². The average molecular weight is 849 g/mol. The Labute approximate surface area is 351 Å². The Balaban J connectivity index is 1.11. The van der Waals surface area contributed by atoms with Gasteiger partial charge in [0.15, 0.2) is 24.4 Å². The fraction of sp³-hybridized carbons (Fsp3) is 0.864. The Morgan fingerprint density at radius 1 is 0.817 bits per heavy atom. The van der Waals surface area contributed by atoms with Crippen molar-refractivity contribution >= 4 is 23.6 Å². The van der Waals surface area contributed by atoms with Gasteiger partial charge in [-0.2, -0.15) is 0 Å². The third-order valence-corrected chi connectivity index (χ3v) is 17.7. The van der Waals surface area contributed by atoms with Crippen LogP contribution in [-0.2, 0) is 33.4 Å². The van der Waals surface area contributed by atoms with Crippen LogP contribution < -0.4 is 10.6 Å². The maximum atomic E-state index is 14.8. The molecule has 2 saturated heterocycles. The highest BCUT2D eigenvalue weighted by atomic mass is 16.7. The molecule has 16 nitrogen and oxygen atoms in total. The molecular weight excluding hydrogens is 780 g/mol. The van der Waals surface area contributed by atoms with Crippen LogP contribution in [0.1, 0.15) is 113 Å². The molecular formula is C44H68N2O14. The lowest BCUT2D eigenvalue weighted by Crippen LogP contribution is -2.70. The van der Waals surface area contributed by atoms with Crippen LogP contribution in [0.25, 0.3) is 0 Å². The molecule has 2 amide bonds. The zero-order valence-electron chi connectivity index (χ0n) is 36.2. The number of carbonyl (C=O) groups is 4. The molecule has 16 heteroatoms. The first-order valence-electron chi connectivity index (χ1n) is 21.8. The summed E-state index contributed by atoms with van der Waals surface area (Å²) in [6.07, 6.45) is -7.17. The van der Waals surface area contributed by atoms with Gasteiger partial charge in [0.25, 0.3) is 5.91 Å². The molecule has 5 aliphatic carbocycles. The summed E-state index contributed by atoms with van der Waals surface area (Å²) < 4.78 is 18.1. The van der Waals surface area contributed by atoms with Gasteiger partial charge in [0.2, 0.25) is 5.91 Å². The monoisotopic (exact) mass is 848 g/mol. The smallest absolute Gasteiger partial charge is 0.309 e. The summed E-state index contributed by atoms with van der Waals surface area (Å²) in [7, 11) is 0. The van der Waals surface area contributed by atoms with Gasteiger partial charge in [-0.3, -0.25) is 19.2 Å². The molecule has 0 bridgehead atoms. The normalized spacial score (nSPS) is 51.1. The van der Waals surface area contributed by atoms with E-state index in [1.807, 2.05) is 13.0 Å². The minimum atomic E-state index is -1.92. The zero-order valence-corrected chi connectivity index (χ0v) is 36.2. The number of ketones is 1. The number of rotatable bonds is 7. The van der Waals surface area contributed by atoms with E-state index in [1.54, 1.807) is 0 Å². The van der Waals surface area contributed by atoms with Crippen LogP contribution in [0.2, 0.25) is 0 Å². The second-order valence-corrected chi connectivity index (χ2v) is 21.4. The van der Waals surface area contributed by atoms with Gasteiger partial charge in [0.1, 0.15) is 42.7 Å². The molecule has 4 saturated carbocycles. The van der Waals surface area contributed by atoms with E-state index in [-0.39, 0.29) is 39.8 Å². The summed E-state index contributed by atoms with van der Waals surface area (Å²) in [5.41, 5.74) is -1.50. The third-order valence-electron chi connectivity index (χ3n) is 17.7. The number of carboxylic acids is 1. The van der Waals surface area contributed by atoms with E-state index in [1.165, 1.54) is 0 Å². The molecule has 338 valence electrons. The van der Waals surface area contributed by atoms with Crippen molar-refractivity contribution < 1.29 is 69.1 Å². The first-order valence-corrected chi connectivity index (χ1v) is 21.8. The lowest BCUT2D eigenvalue weighted by molar-refractivity contribution is -0.321. The first-order chi connectivity index (χ1) is 27.8. The third kappa shape index (κ3) is 6.81. The Hall–Kier alpha value is -2.54. The standard InChI is InChI=1S/C44H68N2O14/c1-20(48)45-27-29(51)28(50)24(19-47)58-36(27)46-35(55)33-31(53)30(52)32(54)37(60-33)59-26-10-11-42(6)25(39(26,2)3)9-12-44(8)34(42)23(49)17-21-22-18-41(5,38(56)57)14-13-40(22,4)15-16-43(21,44)7/h17,22,24-34,36-37,47,50-54H,9-16,18-19H2,1-8H3,(H,45,48)(H,46,55)(H,56,57)/t22?,24-,25?,26?,27-,28-,29-,30+,31+,32-,33+,34?,36?,37?,40-,41+,42+,43-,44-/m1/s1. The van der Waals surface area contributed by atoms with Crippen LogP contribution in [0, 0.1) is 50.2 Å². The number of hydrogen-bond donors (Lipinski definition) is 9. The van der Waals surface area contributed by atoms with Crippen LogP contribution in [-0.4, -0.2) is 133 Å². The number of hydrogen-bond acceptors (Lipinski definition) is 13. The van der Waals surface area contributed by atoms with Gasteiger partial charge < -0.3 is 60.6 Å². The van der Waals surface area contributed by atoms with Crippen molar-refractivity contribution in [3.63, 3.8) is 0 Å². The molecule has 19 atom stereocenters. The zero-order chi connectivity index (χ0) is 44.3. The van der Waals surface area contributed by atoms with Crippen molar-refractivity contribution in [2.24, 2.45) is 50.2 Å². The van der Waals surface area contributed by atoms with Gasteiger partial charge in [0, 0.05) is 12.8 Å². The van der Waals surface area contributed by atoms with E-state index < -0.39 is 108 Å². The van der Waals surface area contributed by atoms with Crippen molar-refractivity contribution in [3.05, 3.63) is 11.6 Å². The molecule has 0 aromatic heterocycles. The average Bonchev–Trinajstić information content (AvgIpc) is 3.16. The molecule has 0 radical (unpaired) electrons. The van der Waals surface area contributed by atoms with Gasteiger partial charge in [-0.1, -0.05) is 47.1 Å². The predicted molar refractivity (Wildman–Crippen MR) is 212 cm³/mol. The van der Waals surface area contributed by atoms with Crippen molar-refractivity contribution in [1.29, 1.82) is 0 Å². The van der Waals surface area contributed by atoms with Crippen LogP contribution in [0.15, 0.2) is 11.6 Å². The Bertz CT molecular complexity index is 1770. The van der Waals surface area contributed by atoms with Crippen molar-refractivity contribution in [1.82, 2.24) is 10.6 Å². The number of nitrogens with one attached hydrogen (secondary N) is 2. The molecule has 0 aromatic rings. The summed E-state index contributed by atoms with van der Waals surface area (Å²) in [5, 5.41) is 79.1. The number of aliphatic hydroxyl groups is 6. The van der Waals surface area contributed by atoms with E-state index in [9.17, 15) is 54.9 Å². The van der Waals surface area contributed by atoms with E-state index in [0.717, 1.165) is 44.6 Å². The van der Waals surface area contributed by atoms with Gasteiger partial charge >= 0.3 is 5.97 Å². The van der Waals surface area contributed by atoms with Crippen LogP contribution in [0.4, 0.5) is 0 Å². The highest BCUT2D eigenvalue weighted by molar-refractivity contribution is 5.95.